The van der Waals surface area contributed by atoms with Gasteiger partial charge in [-0.2, -0.15) is 13.2 Å². The highest BCUT2D eigenvalue weighted by Gasteiger charge is 2.44. The molecule has 0 bridgehead atoms. The number of halogens is 3. The quantitative estimate of drug-likeness (QED) is 0.424. The number of piperidine rings is 1. The summed E-state index contributed by atoms with van der Waals surface area (Å²) in [6.07, 6.45) is 2.25. The maximum absolute atomic E-state index is 13.7. The Labute approximate surface area is 233 Å². The zero-order valence-corrected chi connectivity index (χ0v) is 23.4. The lowest BCUT2D eigenvalue weighted by Crippen LogP contribution is -2.44. The Bertz CT molecular complexity index is 1230. The molecule has 2 aromatic rings. The molecule has 2 heterocycles. The van der Waals surface area contributed by atoms with Crippen LogP contribution in [-0.4, -0.2) is 64.7 Å². The van der Waals surface area contributed by atoms with E-state index in [0.717, 1.165) is 45.0 Å². The highest BCUT2D eigenvalue weighted by molar-refractivity contribution is 5.94. The molecule has 40 heavy (non-hydrogen) atoms. The number of aromatic nitrogens is 2. The number of Topliss-reactive ketones (excluding diaryl/α,β-unsaturated/α-hetero) is 1. The fourth-order valence-electron chi connectivity index (χ4n) is 5.84. The summed E-state index contributed by atoms with van der Waals surface area (Å²) in [5.41, 5.74) is 0.378. The maximum Gasteiger partial charge on any atom is 0.419 e. The Hall–Kier alpha value is -3.01. The minimum Gasteiger partial charge on any atom is -0.339 e. The predicted molar refractivity (Wildman–Crippen MR) is 146 cm³/mol. The number of rotatable bonds is 9. The summed E-state index contributed by atoms with van der Waals surface area (Å²) in [6, 6.07) is 7.02. The van der Waals surface area contributed by atoms with Crippen molar-refractivity contribution >= 4 is 23.3 Å². The maximum atomic E-state index is 13.7. The molecule has 0 radical (unpaired) electrons. The minimum atomic E-state index is -4.56. The van der Waals surface area contributed by atoms with E-state index in [9.17, 15) is 22.8 Å². The molecule has 0 spiro atoms. The third-order valence-corrected chi connectivity index (χ3v) is 8.99. The number of nitrogens with zero attached hydrogens (tertiary/aromatic N) is 4. The number of amides is 1. The molecule has 3 fully saturated rings. The molecule has 1 saturated heterocycles. The van der Waals surface area contributed by atoms with Gasteiger partial charge in [0.1, 0.15) is 5.78 Å². The second-order valence-corrected chi connectivity index (χ2v) is 12.4. The van der Waals surface area contributed by atoms with Crippen LogP contribution in [0.5, 0.6) is 0 Å². The van der Waals surface area contributed by atoms with Gasteiger partial charge in [-0.25, -0.2) is 9.97 Å². The molecule has 0 unspecified atom stereocenters. The van der Waals surface area contributed by atoms with Gasteiger partial charge in [0.2, 0.25) is 5.95 Å². The summed E-state index contributed by atoms with van der Waals surface area (Å²) in [7, 11) is 3.91. The molecule has 3 aliphatic rings. The fourth-order valence-corrected chi connectivity index (χ4v) is 5.84. The molecule has 2 aliphatic carbocycles. The Morgan fingerprint density at radius 1 is 1.12 bits per heavy atom. The second-order valence-electron chi connectivity index (χ2n) is 12.4. The number of carbonyl (C=O) groups excluding carboxylic acids is 2. The molecule has 1 N–H and O–H groups in total. The van der Waals surface area contributed by atoms with Crippen molar-refractivity contribution in [1.29, 1.82) is 0 Å². The first-order valence-corrected chi connectivity index (χ1v) is 14.2. The van der Waals surface area contributed by atoms with Crippen molar-refractivity contribution in [3.63, 3.8) is 0 Å². The van der Waals surface area contributed by atoms with Gasteiger partial charge in [0.25, 0.3) is 5.91 Å². The van der Waals surface area contributed by atoms with E-state index in [1.165, 1.54) is 0 Å². The minimum absolute atomic E-state index is 0.00309. The summed E-state index contributed by atoms with van der Waals surface area (Å²) < 4.78 is 41.2. The molecule has 2 saturated carbocycles. The number of carbonyl (C=O) groups is 2. The summed E-state index contributed by atoms with van der Waals surface area (Å²) in [5.74, 6) is 0.209. The van der Waals surface area contributed by atoms with Crippen LogP contribution in [0.4, 0.5) is 24.8 Å². The van der Waals surface area contributed by atoms with Crippen molar-refractivity contribution in [2.24, 2.45) is 17.3 Å². The Balaban J connectivity index is 1.21. The van der Waals surface area contributed by atoms with Crippen molar-refractivity contribution in [3.05, 3.63) is 47.3 Å². The smallest absolute Gasteiger partial charge is 0.339 e. The van der Waals surface area contributed by atoms with Crippen molar-refractivity contribution in [2.45, 2.75) is 70.5 Å². The summed E-state index contributed by atoms with van der Waals surface area (Å²) in [6.45, 7) is 4.03. The van der Waals surface area contributed by atoms with Crippen LogP contribution in [0, 0.1) is 17.3 Å². The second kappa shape index (κ2) is 11.1. The predicted octanol–water partition coefficient (Wildman–Crippen LogP) is 5.73. The molecule has 10 heteroatoms. The van der Waals surface area contributed by atoms with Gasteiger partial charge in [-0.3, -0.25) is 9.59 Å². The van der Waals surface area contributed by atoms with Gasteiger partial charge in [-0.15, -0.1) is 0 Å². The van der Waals surface area contributed by atoms with E-state index in [1.807, 2.05) is 7.05 Å². The summed E-state index contributed by atoms with van der Waals surface area (Å²) >= 11 is 0. The van der Waals surface area contributed by atoms with E-state index in [-0.39, 0.29) is 53.0 Å². The molecule has 1 aliphatic heterocycles. The van der Waals surface area contributed by atoms with E-state index in [1.54, 1.807) is 29.2 Å². The van der Waals surface area contributed by atoms with E-state index in [2.05, 4.69) is 34.2 Å². The fraction of sp³-hybridized carbons (Fsp3) is 0.600. The zero-order valence-electron chi connectivity index (χ0n) is 23.4. The van der Waals surface area contributed by atoms with Gasteiger partial charge in [0, 0.05) is 42.9 Å². The van der Waals surface area contributed by atoms with Crippen molar-refractivity contribution in [2.75, 3.05) is 32.5 Å². The van der Waals surface area contributed by atoms with Crippen LogP contribution in [0.15, 0.2) is 30.5 Å². The number of hydrogen-bond acceptors (Lipinski definition) is 6. The average Bonchev–Trinajstić information content (AvgIpc) is 3.61. The van der Waals surface area contributed by atoms with Crippen LogP contribution in [0.2, 0.25) is 0 Å². The molecule has 7 nitrogen and oxygen atoms in total. The monoisotopic (exact) mass is 557 g/mol. The molecule has 5 rings (SSSR count). The molecule has 1 aromatic carbocycles. The lowest BCUT2D eigenvalue weighted by atomic mass is 9.69. The lowest BCUT2D eigenvalue weighted by molar-refractivity contribution is -0.139. The highest BCUT2D eigenvalue weighted by atomic mass is 19.4. The molecular weight excluding hydrogens is 519 g/mol. The van der Waals surface area contributed by atoms with Gasteiger partial charge in [0.05, 0.1) is 11.3 Å². The summed E-state index contributed by atoms with van der Waals surface area (Å²) in [5, 5.41) is 2.98. The van der Waals surface area contributed by atoms with Gasteiger partial charge in [0.15, 0.2) is 0 Å². The number of benzene rings is 1. The van der Waals surface area contributed by atoms with Crippen LogP contribution < -0.4 is 5.32 Å². The van der Waals surface area contributed by atoms with Crippen LogP contribution in [0.3, 0.4) is 0 Å². The first-order chi connectivity index (χ1) is 18.9. The van der Waals surface area contributed by atoms with Gasteiger partial charge < -0.3 is 15.1 Å². The largest absolute Gasteiger partial charge is 0.419 e. The highest BCUT2D eigenvalue weighted by Crippen LogP contribution is 2.50. The number of likely N-dealkylation sites (tertiary alicyclic amines) is 1. The van der Waals surface area contributed by atoms with E-state index >= 15 is 0 Å². The van der Waals surface area contributed by atoms with E-state index in [4.69, 9.17) is 0 Å². The average molecular weight is 558 g/mol. The van der Waals surface area contributed by atoms with E-state index < -0.39 is 11.7 Å². The number of hydrogen-bond donors (Lipinski definition) is 1. The van der Waals surface area contributed by atoms with Crippen LogP contribution in [-0.2, 0) is 17.4 Å². The normalized spacial score (nSPS) is 22.9. The Morgan fingerprint density at radius 3 is 2.38 bits per heavy atom. The Kier molecular flexibility index (Phi) is 7.92. The van der Waals surface area contributed by atoms with E-state index in [0.29, 0.717) is 30.5 Å². The van der Waals surface area contributed by atoms with Crippen LogP contribution in [0.1, 0.15) is 73.5 Å². The molecule has 0 atom stereocenters. The van der Waals surface area contributed by atoms with Crippen LogP contribution in [0.25, 0.3) is 0 Å². The SMILES string of the molecule is CN1CCC(N(C)C(=O)c2ccc(Nc3ncc(C(F)(F)F)c(CC4CC(C(=O)CC5(C)CC5)C4)n3)cc2)CC1. The topological polar surface area (TPSA) is 78.4 Å². The van der Waals surface area contributed by atoms with Crippen molar-refractivity contribution < 1.29 is 22.8 Å². The van der Waals surface area contributed by atoms with Crippen molar-refractivity contribution in [3.8, 4) is 0 Å². The molecular formula is C30H38F3N5O2. The number of anilines is 2. The van der Waals surface area contributed by atoms with Gasteiger partial charge >= 0.3 is 6.18 Å². The zero-order chi connectivity index (χ0) is 28.7. The molecule has 1 amide bonds. The molecule has 1 aromatic heterocycles. The lowest BCUT2D eigenvalue weighted by Gasteiger charge is -2.35. The van der Waals surface area contributed by atoms with Gasteiger partial charge in [-0.05, 0) is 101 Å². The molecule has 216 valence electrons. The number of nitrogens with one attached hydrogen (secondary N) is 1. The van der Waals surface area contributed by atoms with Gasteiger partial charge in [-0.1, -0.05) is 6.92 Å². The number of alkyl halides is 3. The van der Waals surface area contributed by atoms with Crippen LogP contribution >= 0.6 is 0 Å². The number of ketones is 1. The summed E-state index contributed by atoms with van der Waals surface area (Å²) in [4.78, 5) is 37.7. The third kappa shape index (κ3) is 6.65. The first-order valence-electron chi connectivity index (χ1n) is 14.2. The first kappa shape index (κ1) is 28.5. The third-order valence-electron chi connectivity index (χ3n) is 8.99. The Morgan fingerprint density at radius 2 is 1.77 bits per heavy atom. The standard InChI is InChI=1S/C30H38F3N5O2/c1-29(10-11-29)17-26(39)21-14-19(15-21)16-25-24(30(31,32)33)18-34-28(36-25)35-22-6-4-20(5-7-22)27(40)38(3)23-8-12-37(2)13-9-23/h4-7,18-19,21,23H,8-17H2,1-3H3,(H,34,35,36). The van der Waals surface area contributed by atoms with Crippen molar-refractivity contribution in [1.82, 2.24) is 19.8 Å².